The second-order valence-electron chi connectivity index (χ2n) is 2.97. The van der Waals surface area contributed by atoms with E-state index in [0.29, 0.717) is 6.54 Å². The van der Waals surface area contributed by atoms with Crippen LogP contribution in [0.1, 0.15) is 10.4 Å². The van der Waals surface area contributed by atoms with Crippen LogP contribution in [0.25, 0.3) is 10.1 Å². The Balaban J connectivity index is 2.83. The lowest BCUT2D eigenvalue weighted by atomic mass is 10.1. The summed E-state index contributed by atoms with van der Waals surface area (Å²) in [7, 11) is 0. The molecule has 0 amide bonds. The van der Waals surface area contributed by atoms with Gasteiger partial charge in [0, 0.05) is 20.6 Å². The summed E-state index contributed by atoms with van der Waals surface area (Å²) in [5.74, 6) is 0. The van der Waals surface area contributed by atoms with Crippen LogP contribution in [0.15, 0.2) is 22.7 Å². The standard InChI is InChI=1S/C10H10BrNS/c1-6-7-3-2-4-8(11)10(7)13-9(6)5-12/h2-4H,5,12H2,1H3. The second-order valence-corrected chi connectivity index (χ2v) is 4.93. The SMILES string of the molecule is Cc1c(CN)sc2c(Br)cccc12. The van der Waals surface area contributed by atoms with Crippen LogP contribution in [-0.2, 0) is 6.54 Å². The zero-order valence-electron chi connectivity index (χ0n) is 7.30. The van der Waals surface area contributed by atoms with E-state index in [1.807, 2.05) is 0 Å². The summed E-state index contributed by atoms with van der Waals surface area (Å²) in [6.45, 7) is 2.77. The molecule has 1 aromatic heterocycles. The minimum Gasteiger partial charge on any atom is -0.326 e. The first-order valence-electron chi connectivity index (χ1n) is 4.10. The van der Waals surface area contributed by atoms with Crippen molar-refractivity contribution in [3.05, 3.63) is 33.1 Å². The number of aryl methyl sites for hydroxylation is 1. The van der Waals surface area contributed by atoms with Gasteiger partial charge in [-0.15, -0.1) is 11.3 Å². The number of rotatable bonds is 1. The highest BCUT2D eigenvalue weighted by atomic mass is 79.9. The Morgan fingerprint density at radius 3 is 2.85 bits per heavy atom. The van der Waals surface area contributed by atoms with Crippen molar-refractivity contribution in [1.82, 2.24) is 0 Å². The summed E-state index contributed by atoms with van der Waals surface area (Å²) in [5.41, 5.74) is 6.98. The van der Waals surface area contributed by atoms with E-state index in [4.69, 9.17) is 5.73 Å². The molecule has 0 spiro atoms. The smallest absolute Gasteiger partial charge is 0.0491 e. The number of hydrogen-bond donors (Lipinski definition) is 1. The first kappa shape index (κ1) is 9.19. The molecular weight excluding hydrogens is 246 g/mol. The van der Waals surface area contributed by atoms with Crippen molar-refractivity contribution in [1.29, 1.82) is 0 Å². The Labute approximate surface area is 89.7 Å². The van der Waals surface area contributed by atoms with Crippen molar-refractivity contribution < 1.29 is 0 Å². The van der Waals surface area contributed by atoms with Gasteiger partial charge in [0.15, 0.2) is 0 Å². The number of benzene rings is 1. The van der Waals surface area contributed by atoms with Gasteiger partial charge >= 0.3 is 0 Å². The zero-order valence-corrected chi connectivity index (χ0v) is 9.71. The minimum absolute atomic E-state index is 0.637. The average Bonchev–Trinajstić information content (AvgIpc) is 2.45. The maximum atomic E-state index is 5.66. The zero-order chi connectivity index (χ0) is 9.42. The van der Waals surface area contributed by atoms with Gasteiger partial charge < -0.3 is 5.73 Å². The maximum absolute atomic E-state index is 5.66. The second kappa shape index (κ2) is 3.40. The van der Waals surface area contributed by atoms with Crippen molar-refractivity contribution in [2.45, 2.75) is 13.5 Å². The lowest BCUT2D eigenvalue weighted by molar-refractivity contribution is 1.09. The predicted molar refractivity (Wildman–Crippen MR) is 62.2 cm³/mol. The van der Waals surface area contributed by atoms with Crippen LogP contribution in [0.3, 0.4) is 0 Å². The molecule has 0 aliphatic heterocycles. The summed E-state index contributed by atoms with van der Waals surface area (Å²) in [6.07, 6.45) is 0. The van der Waals surface area contributed by atoms with Gasteiger partial charge in [-0.2, -0.15) is 0 Å². The summed E-state index contributed by atoms with van der Waals surface area (Å²) >= 11 is 5.32. The Kier molecular flexibility index (Phi) is 2.41. The normalized spacial score (nSPS) is 11.0. The number of nitrogens with two attached hydrogens (primary N) is 1. The van der Waals surface area contributed by atoms with Gasteiger partial charge in [0.2, 0.25) is 0 Å². The van der Waals surface area contributed by atoms with E-state index in [2.05, 4.69) is 41.1 Å². The van der Waals surface area contributed by atoms with Gasteiger partial charge in [0.05, 0.1) is 0 Å². The molecule has 0 unspecified atom stereocenters. The molecule has 68 valence electrons. The Hall–Kier alpha value is -0.380. The molecule has 0 fully saturated rings. The van der Waals surface area contributed by atoms with Crippen LogP contribution in [0.2, 0.25) is 0 Å². The van der Waals surface area contributed by atoms with E-state index >= 15 is 0 Å². The lowest BCUT2D eigenvalue weighted by Gasteiger charge is -1.93. The third-order valence-corrected chi connectivity index (χ3v) is 4.49. The molecule has 2 aromatic rings. The Bertz CT molecular complexity index is 447. The maximum Gasteiger partial charge on any atom is 0.0491 e. The van der Waals surface area contributed by atoms with Gasteiger partial charge in [-0.1, -0.05) is 12.1 Å². The Morgan fingerprint density at radius 2 is 2.23 bits per heavy atom. The third-order valence-electron chi connectivity index (χ3n) is 2.20. The molecule has 0 bridgehead atoms. The molecule has 0 aliphatic carbocycles. The van der Waals surface area contributed by atoms with Gasteiger partial charge in [-0.25, -0.2) is 0 Å². The quantitative estimate of drug-likeness (QED) is 0.831. The third kappa shape index (κ3) is 1.41. The van der Waals surface area contributed by atoms with Gasteiger partial charge in [0.25, 0.3) is 0 Å². The number of halogens is 1. The summed E-state index contributed by atoms with van der Waals surface area (Å²) in [6, 6.07) is 6.27. The van der Waals surface area contributed by atoms with Crippen molar-refractivity contribution >= 4 is 37.4 Å². The molecular formula is C10H10BrNS. The van der Waals surface area contributed by atoms with E-state index < -0.39 is 0 Å². The van der Waals surface area contributed by atoms with Crippen molar-refractivity contribution in [2.24, 2.45) is 5.73 Å². The molecule has 1 nitrogen and oxygen atoms in total. The van der Waals surface area contributed by atoms with E-state index in [9.17, 15) is 0 Å². The van der Waals surface area contributed by atoms with Crippen LogP contribution >= 0.6 is 27.3 Å². The van der Waals surface area contributed by atoms with Crippen LogP contribution < -0.4 is 5.73 Å². The number of thiophene rings is 1. The first-order chi connectivity index (χ1) is 6.24. The fraction of sp³-hybridized carbons (Fsp3) is 0.200. The molecule has 0 radical (unpaired) electrons. The molecule has 2 rings (SSSR count). The minimum atomic E-state index is 0.637. The number of fused-ring (bicyclic) bond motifs is 1. The van der Waals surface area contributed by atoms with Crippen molar-refractivity contribution in [2.75, 3.05) is 0 Å². The van der Waals surface area contributed by atoms with Crippen LogP contribution in [0, 0.1) is 6.92 Å². The predicted octanol–water partition coefficient (Wildman–Crippen LogP) is 3.43. The topological polar surface area (TPSA) is 26.0 Å². The fourth-order valence-corrected chi connectivity index (χ4v) is 3.15. The van der Waals surface area contributed by atoms with Crippen LogP contribution in [0.5, 0.6) is 0 Å². The molecule has 0 atom stereocenters. The molecule has 2 N–H and O–H groups in total. The highest BCUT2D eigenvalue weighted by Gasteiger charge is 2.08. The average molecular weight is 256 g/mol. The van der Waals surface area contributed by atoms with Gasteiger partial charge in [-0.05, 0) is 39.9 Å². The van der Waals surface area contributed by atoms with Crippen LogP contribution in [0.4, 0.5) is 0 Å². The molecule has 13 heavy (non-hydrogen) atoms. The number of hydrogen-bond acceptors (Lipinski definition) is 2. The summed E-state index contributed by atoms with van der Waals surface area (Å²) in [4.78, 5) is 1.28. The molecule has 1 heterocycles. The highest BCUT2D eigenvalue weighted by Crippen LogP contribution is 2.35. The van der Waals surface area contributed by atoms with Gasteiger partial charge in [-0.3, -0.25) is 0 Å². The largest absolute Gasteiger partial charge is 0.326 e. The van der Waals surface area contributed by atoms with E-state index in [-0.39, 0.29) is 0 Å². The molecule has 0 saturated heterocycles. The summed E-state index contributed by atoms with van der Waals surface area (Å²) < 4.78 is 2.47. The first-order valence-corrected chi connectivity index (χ1v) is 5.71. The van der Waals surface area contributed by atoms with Crippen molar-refractivity contribution in [3.8, 4) is 0 Å². The molecule has 0 aliphatic rings. The van der Waals surface area contributed by atoms with Crippen LogP contribution in [-0.4, -0.2) is 0 Å². The molecule has 3 heteroatoms. The van der Waals surface area contributed by atoms with E-state index in [1.54, 1.807) is 11.3 Å². The van der Waals surface area contributed by atoms with E-state index in [0.717, 1.165) is 4.47 Å². The Morgan fingerprint density at radius 1 is 1.46 bits per heavy atom. The molecule has 0 saturated carbocycles. The lowest BCUT2D eigenvalue weighted by Crippen LogP contribution is -1.93. The summed E-state index contributed by atoms with van der Waals surface area (Å²) in [5, 5.41) is 1.32. The highest BCUT2D eigenvalue weighted by molar-refractivity contribution is 9.10. The van der Waals surface area contributed by atoms with E-state index in [1.165, 1.54) is 20.5 Å². The van der Waals surface area contributed by atoms with Crippen molar-refractivity contribution in [3.63, 3.8) is 0 Å². The monoisotopic (exact) mass is 255 g/mol. The fourth-order valence-electron chi connectivity index (χ4n) is 1.45. The van der Waals surface area contributed by atoms with Gasteiger partial charge in [0.1, 0.15) is 0 Å². The molecule has 1 aromatic carbocycles.